The van der Waals surface area contributed by atoms with Crippen LogP contribution in [-0.2, 0) is 5.41 Å². The molecule has 172 valence electrons. The van der Waals surface area contributed by atoms with E-state index >= 15 is 0 Å². The van der Waals surface area contributed by atoms with Gasteiger partial charge in [-0.25, -0.2) is 9.18 Å². The van der Waals surface area contributed by atoms with Crippen molar-refractivity contribution >= 4 is 34.3 Å². The smallest absolute Gasteiger partial charge is 0.354 e. The van der Waals surface area contributed by atoms with Crippen LogP contribution in [0.2, 0.25) is 5.02 Å². The number of rotatable bonds is 2. The Kier molecular flexibility index (Phi) is 4.90. The van der Waals surface area contributed by atoms with E-state index in [2.05, 4.69) is 0 Å². The molecule has 2 aliphatic rings. The number of pyridine rings is 1. The van der Waals surface area contributed by atoms with Crippen molar-refractivity contribution in [2.24, 2.45) is 0 Å². The second-order valence-electron chi connectivity index (χ2n) is 8.81. The molecule has 1 fully saturated rings. The Morgan fingerprint density at radius 2 is 1.82 bits per heavy atom. The fraction of sp³-hybridized carbons (Fsp3) is 0.231. The Morgan fingerprint density at radius 1 is 1.06 bits per heavy atom. The fourth-order valence-electron chi connectivity index (χ4n) is 5.47. The maximum atomic E-state index is 14.2. The Bertz CT molecular complexity index is 1600. The van der Waals surface area contributed by atoms with Crippen molar-refractivity contribution in [3.63, 3.8) is 0 Å². The maximum Gasteiger partial charge on any atom is 0.354 e. The van der Waals surface area contributed by atoms with E-state index in [4.69, 9.17) is 16.0 Å². The third kappa shape index (κ3) is 3.00. The van der Waals surface area contributed by atoms with Crippen LogP contribution in [0.5, 0.6) is 5.75 Å². The third-order valence-corrected chi connectivity index (χ3v) is 8.32. The summed E-state index contributed by atoms with van der Waals surface area (Å²) in [6.07, 6.45) is 4.82. The van der Waals surface area contributed by atoms with Crippen LogP contribution in [-0.4, -0.2) is 9.67 Å². The van der Waals surface area contributed by atoms with Crippen molar-refractivity contribution in [2.45, 2.75) is 47.3 Å². The van der Waals surface area contributed by atoms with Gasteiger partial charge in [0.15, 0.2) is 5.75 Å². The lowest BCUT2D eigenvalue weighted by Crippen LogP contribution is -2.31. The molecule has 5 nitrogen and oxygen atoms in total. The van der Waals surface area contributed by atoms with Crippen molar-refractivity contribution in [3.05, 3.63) is 91.4 Å². The number of aromatic hydroxyl groups is 1. The number of fused-ring (bicyclic) bond motifs is 6. The predicted octanol–water partition coefficient (Wildman–Crippen LogP) is 6.16. The summed E-state index contributed by atoms with van der Waals surface area (Å²) in [5, 5.41) is 11.5. The fourth-order valence-corrected chi connectivity index (χ4v) is 6.49. The average molecular weight is 496 g/mol. The first-order valence-electron chi connectivity index (χ1n) is 11.1. The van der Waals surface area contributed by atoms with Gasteiger partial charge in [0.1, 0.15) is 21.7 Å². The van der Waals surface area contributed by atoms with Crippen LogP contribution >= 0.6 is 23.4 Å². The van der Waals surface area contributed by atoms with E-state index in [-0.39, 0.29) is 20.8 Å². The summed E-state index contributed by atoms with van der Waals surface area (Å²) >= 11 is 7.09. The van der Waals surface area contributed by atoms with Crippen molar-refractivity contribution in [2.75, 3.05) is 0 Å². The Labute approximate surface area is 202 Å². The molecule has 0 amide bonds. The summed E-state index contributed by atoms with van der Waals surface area (Å²) in [6.45, 7) is 0. The van der Waals surface area contributed by atoms with Gasteiger partial charge >= 0.3 is 5.63 Å². The molecule has 1 aliphatic heterocycles. The summed E-state index contributed by atoms with van der Waals surface area (Å²) in [4.78, 5) is 26.6. The van der Waals surface area contributed by atoms with Crippen LogP contribution in [0.15, 0.2) is 72.3 Å². The summed E-state index contributed by atoms with van der Waals surface area (Å²) in [5.74, 6) is -1.04. The first kappa shape index (κ1) is 21.5. The van der Waals surface area contributed by atoms with Crippen molar-refractivity contribution < 1.29 is 13.9 Å². The SMILES string of the molecule is O=c1oc2cc3n(c(=O)c2c(O)c1Sc1ccccc1F)-c1ccc(Cl)cc1C31CCCCC1. The molecule has 34 heavy (non-hydrogen) atoms. The Hall–Kier alpha value is -3.03. The van der Waals surface area contributed by atoms with E-state index in [1.165, 1.54) is 18.2 Å². The topological polar surface area (TPSA) is 72.4 Å². The lowest BCUT2D eigenvalue weighted by molar-refractivity contribution is 0.346. The Balaban J connectivity index is 1.64. The zero-order chi connectivity index (χ0) is 23.6. The summed E-state index contributed by atoms with van der Waals surface area (Å²) in [7, 11) is 0. The lowest BCUT2D eigenvalue weighted by atomic mass is 9.68. The monoisotopic (exact) mass is 495 g/mol. The quantitative estimate of drug-likeness (QED) is 0.360. The second kappa shape index (κ2) is 7.75. The summed E-state index contributed by atoms with van der Waals surface area (Å²) < 4.78 is 21.4. The van der Waals surface area contributed by atoms with Gasteiger partial charge in [-0.2, -0.15) is 0 Å². The van der Waals surface area contributed by atoms with Crippen LogP contribution in [0.4, 0.5) is 4.39 Å². The zero-order valence-corrected chi connectivity index (χ0v) is 19.5. The highest BCUT2D eigenvalue weighted by Gasteiger charge is 2.45. The van der Waals surface area contributed by atoms with Crippen LogP contribution in [0.25, 0.3) is 16.7 Å². The van der Waals surface area contributed by atoms with Gasteiger partial charge in [0.2, 0.25) is 0 Å². The van der Waals surface area contributed by atoms with Crippen LogP contribution in [0.3, 0.4) is 0 Å². The van der Waals surface area contributed by atoms with Gasteiger partial charge in [-0.05, 0) is 48.7 Å². The van der Waals surface area contributed by atoms with Gasteiger partial charge in [-0.15, -0.1) is 0 Å². The molecule has 8 heteroatoms. The minimum atomic E-state index is -0.821. The molecule has 0 atom stereocenters. The predicted molar refractivity (Wildman–Crippen MR) is 129 cm³/mol. The minimum Gasteiger partial charge on any atom is -0.505 e. The van der Waals surface area contributed by atoms with Gasteiger partial charge in [0.05, 0.1) is 5.69 Å². The van der Waals surface area contributed by atoms with Crippen molar-refractivity contribution in [1.29, 1.82) is 0 Å². The molecule has 1 saturated carbocycles. The second-order valence-corrected chi connectivity index (χ2v) is 10.3. The highest BCUT2D eigenvalue weighted by molar-refractivity contribution is 7.99. The standard InChI is InChI=1S/C26H19ClFNO4S/c27-14-8-9-17-15(12-14)26(10-4-1-5-11-26)20-13-18-21(24(31)29(17)20)22(30)23(25(32)33-18)34-19-7-3-2-6-16(19)28/h2-3,6-9,12-13,30H,1,4-5,10-11H2. The lowest BCUT2D eigenvalue weighted by Gasteiger charge is -2.34. The number of halogens is 2. The van der Waals surface area contributed by atoms with Crippen LogP contribution < -0.4 is 11.2 Å². The first-order valence-corrected chi connectivity index (χ1v) is 12.3. The van der Waals surface area contributed by atoms with E-state index in [9.17, 15) is 19.1 Å². The van der Waals surface area contributed by atoms with Crippen LogP contribution in [0, 0.1) is 5.82 Å². The highest BCUT2D eigenvalue weighted by Crippen LogP contribution is 2.52. The molecule has 1 spiro atoms. The molecule has 1 aliphatic carbocycles. The van der Waals surface area contributed by atoms with Gasteiger partial charge in [-0.3, -0.25) is 9.36 Å². The maximum absolute atomic E-state index is 14.2. The molecule has 4 aromatic rings. The number of nitrogens with zero attached hydrogens (tertiary/aromatic N) is 1. The molecule has 6 rings (SSSR count). The van der Waals surface area contributed by atoms with Gasteiger partial charge in [-0.1, -0.05) is 54.8 Å². The number of hydrogen-bond donors (Lipinski definition) is 1. The number of benzene rings is 2. The minimum absolute atomic E-state index is 0.0282. The van der Waals surface area contributed by atoms with Crippen LogP contribution in [0.1, 0.15) is 43.4 Å². The highest BCUT2D eigenvalue weighted by atomic mass is 35.5. The van der Waals surface area contributed by atoms with E-state index in [1.807, 2.05) is 12.1 Å². The van der Waals surface area contributed by atoms with E-state index in [0.717, 1.165) is 60.8 Å². The number of aromatic nitrogens is 1. The summed E-state index contributed by atoms with van der Waals surface area (Å²) in [5.41, 5.74) is 0.783. The molecule has 3 heterocycles. The molecular weight excluding hydrogens is 477 g/mol. The van der Waals surface area contributed by atoms with E-state index in [0.29, 0.717) is 5.02 Å². The zero-order valence-electron chi connectivity index (χ0n) is 17.9. The van der Waals surface area contributed by atoms with E-state index < -0.39 is 28.2 Å². The van der Waals surface area contributed by atoms with Gasteiger partial charge in [0, 0.05) is 27.1 Å². The van der Waals surface area contributed by atoms with E-state index in [1.54, 1.807) is 22.8 Å². The Morgan fingerprint density at radius 3 is 2.59 bits per heavy atom. The first-order chi connectivity index (χ1) is 16.4. The molecule has 0 radical (unpaired) electrons. The molecular formula is C26H19ClFNO4S. The molecule has 0 unspecified atom stereocenters. The third-order valence-electron chi connectivity index (χ3n) is 6.97. The van der Waals surface area contributed by atoms with Gasteiger partial charge in [0.25, 0.3) is 5.56 Å². The van der Waals surface area contributed by atoms with Gasteiger partial charge < -0.3 is 9.52 Å². The largest absolute Gasteiger partial charge is 0.505 e. The molecule has 1 N–H and O–H groups in total. The van der Waals surface area contributed by atoms with Crippen molar-refractivity contribution in [3.8, 4) is 11.4 Å². The molecule has 2 aromatic heterocycles. The normalized spacial score (nSPS) is 16.1. The molecule has 0 bridgehead atoms. The molecule has 2 aromatic carbocycles. The van der Waals surface area contributed by atoms with Crippen molar-refractivity contribution in [1.82, 2.24) is 4.57 Å². The summed E-state index contributed by atoms with van der Waals surface area (Å²) in [6, 6.07) is 13.1. The average Bonchev–Trinajstić information content (AvgIpc) is 3.07. The number of hydrogen-bond acceptors (Lipinski definition) is 5. The molecule has 0 saturated heterocycles.